The number of carbonyl (C=O) groups excluding carboxylic acids is 3. The highest BCUT2D eigenvalue weighted by Crippen LogP contribution is 2.21. The summed E-state index contributed by atoms with van der Waals surface area (Å²) in [5.74, 6) is -2.52. The van der Waals surface area contributed by atoms with Gasteiger partial charge in [0.1, 0.15) is 11.2 Å². The monoisotopic (exact) mass is 356 g/mol. The first-order valence-corrected chi connectivity index (χ1v) is 8.50. The summed E-state index contributed by atoms with van der Waals surface area (Å²) in [6.07, 6.45) is 2.84. The molecule has 0 rings (SSSR count). The van der Waals surface area contributed by atoms with Crippen LogP contribution in [0.1, 0.15) is 74.7 Å². The molecule has 0 saturated carbocycles. The summed E-state index contributed by atoms with van der Waals surface area (Å²) in [6.45, 7) is 13.7. The zero-order valence-corrected chi connectivity index (χ0v) is 16.7. The SMILES string of the molecule is CC(=O)O/C=C(\C)CCCC(C(=O)OC(C)(C)C)C(=O)OC(C)(C)C. The third kappa shape index (κ3) is 12.2. The largest absolute Gasteiger partial charge is 0.459 e. The van der Waals surface area contributed by atoms with Gasteiger partial charge in [-0.25, -0.2) is 0 Å². The van der Waals surface area contributed by atoms with Gasteiger partial charge in [-0.3, -0.25) is 14.4 Å². The van der Waals surface area contributed by atoms with E-state index in [2.05, 4.69) is 0 Å². The average molecular weight is 356 g/mol. The van der Waals surface area contributed by atoms with Crippen LogP contribution < -0.4 is 0 Å². The number of carbonyl (C=O) groups is 3. The van der Waals surface area contributed by atoms with E-state index in [9.17, 15) is 14.4 Å². The van der Waals surface area contributed by atoms with Crippen LogP contribution in [0.4, 0.5) is 0 Å². The predicted octanol–water partition coefficient (Wildman–Crippen LogP) is 3.92. The van der Waals surface area contributed by atoms with Crippen molar-refractivity contribution in [2.45, 2.75) is 85.9 Å². The van der Waals surface area contributed by atoms with Gasteiger partial charge in [0.2, 0.25) is 0 Å². The van der Waals surface area contributed by atoms with E-state index >= 15 is 0 Å². The molecule has 0 aromatic rings. The summed E-state index contributed by atoms with van der Waals surface area (Å²) in [7, 11) is 0. The Balaban J connectivity index is 4.90. The molecular formula is C19H32O6. The molecule has 6 nitrogen and oxygen atoms in total. The molecule has 0 aliphatic rings. The minimum absolute atomic E-state index is 0.301. The highest BCUT2D eigenvalue weighted by atomic mass is 16.6. The Morgan fingerprint density at radius 1 is 0.880 bits per heavy atom. The van der Waals surface area contributed by atoms with Crippen LogP contribution in [0.15, 0.2) is 11.8 Å². The van der Waals surface area contributed by atoms with Crippen molar-refractivity contribution in [2.24, 2.45) is 5.92 Å². The quantitative estimate of drug-likeness (QED) is 0.298. The molecule has 0 bridgehead atoms. The van der Waals surface area contributed by atoms with Crippen LogP contribution in [0, 0.1) is 5.92 Å². The summed E-state index contributed by atoms with van der Waals surface area (Å²) in [5.41, 5.74) is -0.507. The first kappa shape index (κ1) is 23.1. The number of rotatable bonds is 7. The van der Waals surface area contributed by atoms with Crippen LogP contribution >= 0.6 is 0 Å². The fraction of sp³-hybridized carbons (Fsp3) is 0.737. The van der Waals surface area contributed by atoms with Gasteiger partial charge >= 0.3 is 17.9 Å². The molecular weight excluding hydrogens is 324 g/mol. The third-order valence-electron chi connectivity index (χ3n) is 2.87. The lowest BCUT2D eigenvalue weighted by atomic mass is 9.99. The van der Waals surface area contributed by atoms with E-state index in [0.29, 0.717) is 19.3 Å². The highest BCUT2D eigenvalue weighted by molar-refractivity contribution is 5.95. The zero-order valence-electron chi connectivity index (χ0n) is 16.7. The van der Waals surface area contributed by atoms with Crippen molar-refractivity contribution in [1.29, 1.82) is 0 Å². The lowest BCUT2D eigenvalue weighted by Gasteiger charge is -2.26. The molecule has 0 heterocycles. The molecule has 0 N–H and O–H groups in total. The molecule has 0 unspecified atom stereocenters. The van der Waals surface area contributed by atoms with Crippen LogP contribution in [-0.2, 0) is 28.6 Å². The normalized spacial score (nSPS) is 12.8. The van der Waals surface area contributed by atoms with Crippen molar-refractivity contribution in [2.75, 3.05) is 0 Å². The minimum atomic E-state index is -0.972. The molecule has 0 amide bonds. The predicted molar refractivity (Wildman–Crippen MR) is 94.6 cm³/mol. The Labute approximate surface area is 150 Å². The second-order valence-corrected chi connectivity index (χ2v) is 8.09. The number of hydrogen-bond acceptors (Lipinski definition) is 6. The smallest absolute Gasteiger partial charge is 0.320 e. The molecule has 0 fully saturated rings. The molecule has 0 atom stereocenters. The van der Waals surface area contributed by atoms with Crippen LogP contribution in [0.2, 0.25) is 0 Å². The van der Waals surface area contributed by atoms with Crippen molar-refractivity contribution < 1.29 is 28.6 Å². The second-order valence-electron chi connectivity index (χ2n) is 8.09. The van der Waals surface area contributed by atoms with Crippen LogP contribution in [0.5, 0.6) is 0 Å². The van der Waals surface area contributed by atoms with Gasteiger partial charge in [-0.05, 0) is 73.3 Å². The fourth-order valence-electron chi connectivity index (χ4n) is 1.91. The molecule has 144 valence electrons. The first-order valence-electron chi connectivity index (χ1n) is 8.50. The van der Waals surface area contributed by atoms with E-state index in [1.54, 1.807) is 41.5 Å². The van der Waals surface area contributed by atoms with Crippen molar-refractivity contribution in [3.05, 3.63) is 11.8 Å². The lowest BCUT2D eigenvalue weighted by Crippen LogP contribution is -2.36. The average Bonchev–Trinajstić information content (AvgIpc) is 2.36. The van der Waals surface area contributed by atoms with Gasteiger partial charge in [-0.1, -0.05) is 0 Å². The van der Waals surface area contributed by atoms with Crippen LogP contribution in [0.3, 0.4) is 0 Å². The van der Waals surface area contributed by atoms with Crippen molar-refractivity contribution in [1.82, 2.24) is 0 Å². The summed E-state index contributed by atoms with van der Waals surface area (Å²) < 4.78 is 15.5. The summed E-state index contributed by atoms with van der Waals surface area (Å²) in [6, 6.07) is 0. The van der Waals surface area contributed by atoms with Crippen LogP contribution in [-0.4, -0.2) is 29.1 Å². The number of esters is 3. The van der Waals surface area contributed by atoms with Gasteiger partial charge in [0.15, 0.2) is 5.92 Å². The summed E-state index contributed by atoms with van der Waals surface area (Å²) in [4.78, 5) is 35.5. The maximum Gasteiger partial charge on any atom is 0.320 e. The maximum atomic E-state index is 12.4. The van der Waals surface area contributed by atoms with Gasteiger partial charge < -0.3 is 14.2 Å². The standard InChI is InChI=1S/C19H32O6/c1-13(12-23-14(2)20)10-9-11-15(16(21)24-18(3,4)5)17(22)25-19(6,7)8/h12,15H,9-11H2,1-8H3/b13-12+. The number of ether oxygens (including phenoxy) is 3. The highest BCUT2D eigenvalue weighted by Gasteiger charge is 2.34. The Morgan fingerprint density at radius 2 is 1.32 bits per heavy atom. The molecule has 0 aliphatic heterocycles. The molecule has 0 aromatic heterocycles. The van der Waals surface area contributed by atoms with Gasteiger partial charge in [-0.15, -0.1) is 0 Å². The number of hydrogen-bond donors (Lipinski definition) is 0. The first-order chi connectivity index (χ1) is 11.2. The molecule has 0 saturated heterocycles. The Hall–Kier alpha value is -1.85. The van der Waals surface area contributed by atoms with Gasteiger partial charge in [0, 0.05) is 6.92 Å². The molecule has 0 spiro atoms. The summed E-state index contributed by atoms with van der Waals surface area (Å²) in [5, 5.41) is 0. The molecule has 0 aromatic carbocycles. The van der Waals surface area contributed by atoms with E-state index in [1.807, 2.05) is 6.92 Å². The fourth-order valence-corrected chi connectivity index (χ4v) is 1.91. The molecule has 0 radical (unpaired) electrons. The Kier molecular flexibility index (Phi) is 8.88. The molecule has 6 heteroatoms. The molecule has 25 heavy (non-hydrogen) atoms. The van der Waals surface area contributed by atoms with E-state index in [-0.39, 0.29) is 5.97 Å². The Morgan fingerprint density at radius 3 is 1.68 bits per heavy atom. The zero-order chi connectivity index (χ0) is 19.8. The number of allylic oxidation sites excluding steroid dienone is 1. The van der Waals surface area contributed by atoms with Crippen LogP contribution in [0.25, 0.3) is 0 Å². The van der Waals surface area contributed by atoms with Gasteiger partial charge in [0.05, 0.1) is 6.26 Å². The van der Waals surface area contributed by atoms with Gasteiger partial charge in [0.25, 0.3) is 0 Å². The van der Waals surface area contributed by atoms with Crippen molar-refractivity contribution >= 4 is 17.9 Å². The third-order valence-corrected chi connectivity index (χ3v) is 2.87. The molecule has 0 aliphatic carbocycles. The maximum absolute atomic E-state index is 12.4. The van der Waals surface area contributed by atoms with E-state index in [4.69, 9.17) is 14.2 Å². The van der Waals surface area contributed by atoms with Gasteiger partial charge in [-0.2, -0.15) is 0 Å². The lowest BCUT2D eigenvalue weighted by molar-refractivity contribution is -0.174. The van der Waals surface area contributed by atoms with E-state index in [1.165, 1.54) is 13.2 Å². The van der Waals surface area contributed by atoms with Crippen molar-refractivity contribution in [3.63, 3.8) is 0 Å². The van der Waals surface area contributed by atoms with E-state index in [0.717, 1.165) is 5.57 Å². The van der Waals surface area contributed by atoms with Crippen molar-refractivity contribution in [3.8, 4) is 0 Å². The minimum Gasteiger partial charge on any atom is -0.459 e. The van der Waals surface area contributed by atoms with E-state index < -0.39 is 29.1 Å². The topological polar surface area (TPSA) is 78.9 Å². The second kappa shape index (κ2) is 9.59. The Bertz CT molecular complexity index is 477. The summed E-state index contributed by atoms with van der Waals surface area (Å²) >= 11 is 0.